The molecule has 0 saturated heterocycles. The molecule has 7 heteroatoms. The monoisotopic (exact) mass is 400 g/mol. The van der Waals surface area contributed by atoms with E-state index in [1.165, 1.54) is 11.1 Å². The van der Waals surface area contributed by atoms with E-state index in [-0.39, 0.29) is 17.3 Å². The predicted octanol–water partition coefficient (Wildman–Crippen LogP) is 3.94. The standard InChI is InChI=1S/C18H21ClN2O2S.ClH/c1-2-3-17-6-4-14(11-20-17)12-21-9-8-15-5-7-18(24(19,22)23)10-16(15)13-21;/h4-7,10-11H,2-3,8-9,12-13H2,1H3;1H. The number of aryl methyl sites for hydroxylation is 1. The van der Waals surface area contributed by atoms with Crippen LogP contribution in [-0.4, -0.2) is 24.8 Å². The SMILES string of the molecule is CCCc1ccc(CN2CCc3ccc(S(=O)(=O)Cl)cc3C2)cn1.Cl. The van der Waals surface area contributed by atoms with Crippen LogP contribution in [0.5, 0.6) is 0 Å². The summed E-state index contributed by atoms with van der Waals surface area (Å²) in [6, 6.07) is 9.39. The van der Waals surface area contributed by atoms with Gasteiger partial charge in [0.25, 0.3) is 9.05 Å². The molecule has 0 bridgehead atoms. The Morgan fingerprint density at radius 2 is 2.00 bits per heavy atom. The molecule has 0 radical (unpaired) electrons. The minimum Gasteiger partial charge on any atom is -0.294 e. The first-order valence-electron chi connectivity index (χ1n) is 8.18. The summed E-state index contributed by atoms with van der Waals surface area (Å²) in [5.74, 6) is 0. The average molecular weight is 401 g/mol. The van der Waals surface area contributed by atoms with Crippen molar-refractivity contribution in [1.29, 1.82) is 0 Å². The molecule has 0 amide bonds. The molecule has 2 heterocycles. The minimum absolute atomic E-state index is 0. The van der Waals surface area contributed by atoms with Crippen molar-refractivity contribution in [2.75, 3.05) is 6.54 Å². The Balaban J connectivity index is 0.00000225. The molecule has 0 N–H and O–H groups in total. The van der Waals surface area contributed by atoms with Crippen LogP contribution in [0.15, 0.2) is 41.4 Å². The number of halogens is 2. The zero-order valence-corrected chi connectivity index (χ0v) is 16.5. The lowest BCUT2D eigenvalue weighted by molar-refractivity contribution is 0.245. The molecule has 25 heavy (non-hydrogen) atoms. The first kappa shape index (κ1) is 20.2. The summed E-state index contributed by atoms with van der Waals surface area (Å²) >= 11 is 0. The van der Waals surface area contributed by atoms with Gasteiger partial charge in [-0.05, 0) is 47.7 Å². The lowest BCUT2D eigenvalue weighted by Gasteiger charge is -2.29. The fraction of sp³-hybridized carbons (Fsp3) is 0.389. The molecule has 0 fully saturated rings. The van der Waals surface area contributed by atoms with Crippen molar-refractivity contribution in [3.8, 4) is 0 Å². The van der Waals surface area contributed by atoms with E-state index in [0.29, 0.717) is 0 Å². The van der Waals surface area contributed by atoms with E-state index >= 15 is 0 Å². The van der Waals surface area contributed by atoms with Gasteiger partial charge in [-0.3, -0.25) is 9.88 Å². The Bertz CT molecular complexity index is 823. The first-order valence-corrected chi connectivity index (χ1v) is 10.5. The van der Waals surface area contributed by atoms with Gasteiger partial charge >= 0.3 is 0 Å². The summed E-state index contributed by atoms with van der Waals surface area (Å²) in [6.45, 7) is 4.65. The van der Waals surface area contributed by atoms with E-state index in [1.807, 2.05) is 12.3 Å². The van der Waals surface area contributed by atoms with Crippen LogP contribution >= 0.6 is 23.1 Å². The van der Waals surface area contributed by atoms with Crippen LogP contribution in [0.25, 0.3) is 0 Å². The largest absolute Gasteiger partial charge is 0.294 e. The molecule has 3 rings (SSSR count). The van der Waals surface area contributed by atoms with Gasteiger partial charge in [0.05, 0.1) is 4.90 Å². The number of rotatable bonds is 5. The smallest absolute Gasteiger partial charge is 0.261 e. The molecule has 0 unspecified atom stereocenters. The maximum atomic E-state index is 11.5. The second-order valence-electron chi connectivity index (χ2n) is 6.24. The molecular formula is C18H22Cl2N2O2S. The molecule has 4 nitrogen and oxygen atoms in total. The lowest BCUT2D eigenvalue weighted by atomic mass is 9.99. The van der Waals surface area contributed by atoms with Crippen LogP contribution in [-0.2, 0) is 35.0 Å². The maximum absolute atomic E-state index is 11.5. The van der Waals surface area contributed by atoms with Crippen LogP contribution in [0.3, 0.4) is 0 Å². The van der Waals surface area contributed by atoms with Gasteiger partial charge in [0.2, 0.25) is 0 Å². The number of nitrogens with zero attached hydrogens (tertiary/aromatic N) is 2. The molecule has 136 valence electrons. The van der Waals surface area contributed by atoms with Crippen molar-refractivity contribution in [2.24, 2.45) is 0 Å². The van der Waals surface area contributed by atoms with Crippen LogP contribution < -0.4 is 0 Å². The Hall–Kier alpha value is -1.14. The van der Waals surface area contributed by atoms with Crippen LogP contribution in [0.4, 0.5) is 0 Å². The highest BCUT2D eigenvalue weighted by atomic mass is 35.7. The van der Waals surface area contributed by atoms with Crippen molar-refractivity contribution in [3.05, 3.63) is 58.9 Å². The Kier molecular flexibility index (Phi) is 6.86. The zero-order valence-electron chi connectivity index (χ0n) is 14.1. The number of aromatic nitrogens is 1. The van der Waals surface area contributed by atoms with Gasteiger partial charge in [-0.1, -0.05) is 25.5 Å². The third kappa shape index (κ3) is 5.17. The van der Waals surface area contributed by atoms with Crippen molar-refractivity contribution >= 4 is 32.1 Å². The fourth-order valence-corrected chi connectivity index (χ4v) is 3.89. The van der Waals surface area contributed by atoms with E-state index in [9.17, 15) is 8.42 Å². The van der Waals surface area contributed by atoms with Gasteiger partial charge in [-0.2, -0.15) is 0 Å². The molecule has 1 aliphatic rings. The molecule has 0 spiro atoms. The van der Waals surface area contributed by atoms with Gasteiger partial charge < -0.3 is 0 Å². The zero-order chi connectivity index (χ0) is 17.2. The Morgan fingerprint density at radius 1 is 1.20 bits per heavy atom. The molecule has 0 saturated carbocycles. The highest BCUT2D eigenvalue weighted by molar-refractivity contribution is 8.13. The predicted molar refractivity (Wildman–Crippen MR) is 103 cm³/mol. The number of hydrogen-bond acceptors (Lipinski definition) is 4. The summed E-state index contributed by atoms with van der Waals surface area (Å²) in [6.07, 6.45) is 4.97. The number of fused-ring (bicyclic) bond motifs is 1. The van der Waals surface area contributed by atoms with E-state index in [1.54, 1.807) is 12.1 Å². The van der Waals surface area contributed by atoms with Crippen molar-refractivity contribution in [3.63, 3.8) is 0 Å². The summed E-state index contributed by atoms with van der Waals surface area (Å²) < 4.78 is 23.0. The second kappa shape index (κ2) is 8.49. The second-order valence-corrected chi connectivity index (χ2v) is 8.80. The van der Waals surface area contributed by atoms with Gasteiger partial charge in [-0.15, -0.1) is 12.4 Å². The summed E-state index contributed by atoms with van der Waals surface area (Å²) in [5.41, 5.74) is 4.55. The van der Waals surface area contributed by atoms with Crippen LogP contribution in [0, 0.1) is 0 Å². The lowest BCUT2D eigenvalue weighted by Crippen LogP contribution is -2.30. The summed E-state index contributed by atoms with van der Waals surface area (Å²) in [5, 5.41) is 0. The molecule has 1 aromatic heterocycles. The van der Waals surface area contributed by atoms with Crippen LogP contribution in [0.2, 0.25) is 0 Å². The highest BCUT2D eigenvalue weighted by Gasteiger charge is 2.19. The summed E-state index contributed by atoms with van der Waals surface area (Å²) in [4.78, 5) is 6.99. The minimum atomic E-state index is -3.68. The van der Waals surface area contributed by atoms with Gasteiger partial charge in [0.1, 0.15) is 0 Å². The highest BCUT2D eigenvalue weighted by Crippen LogP contribution is 2.25. The number of hydrogen-bond donors (Lipinski definition) is 0. The summed E-state index contributed by atoms with van der Waals surface area (Å²) in [7, 11) is 1.78. The topological polar surface area (TPSA) is 50.3 Å². The van der Waals surface area contributed by atoms with Gasteiger partial charge in [-0.25, -0.2) is 8.42 Å². The van der Waals surface area contributed by atoms with Gasteiger partial charge in [0, 0.05) is 42.2 Å². The molecular weight excluding hydrogens is 379 g/mol. The maximum Gasteiger partial charge on any atom is 0.261 e. The third-order valence-electron chi connectivity index (χ3n) is 4.35. The van der Waals surface area contributed by atoms with Crippen molar-refractivity contribution in [2.45, 2.75) is 44.2 Å². The van der Waals surface area contributed by atoms with E-state index in [2.05, 4.69) is 28.9 Å². The number of pyridine rings is 1. The molecule has 2 aromatic rings. The van der Waals surface area contributed by atoms with Gasteiger partial charge in [0.15, 0.2) is 0 Å². The quantitative estimate of drug-likeness (QED) is 0.713. The molecule has 0 atom stereocenters. The van der Waals surface area contributed by atoms with Crippen molar-refractivity contribution in [1.82, 2.24) is 9.88 Å². The van der Waals surface area contributed by atoms with Crippen LogP contribution in [0.1, 0.15) is 35.7 Å². The molecule has 1 aliphatic heterocycles. The first-order chi connectivity index (χ1) is 11.5. The molecule has 0 aliphatic carbocycles. The molecule has 1 aromatic carbocycles. The fourth-order valence-electron chi connectivity index (χ4n) is 3.09. The Morgan fingerprint density at radius 3 is 2.64 bits per heavy atom. The average Bonchev–Trinajstić information content (AvgIpc) is 2.55. The van der Waals surface area contributed by atoms with Crippen molar-refractivity contribution < 1.29 is 8.42 Å². The van der Waals surface area contributed by atoms with E-state index in [0.717, 1.165) is 50.2 Å². The van der Waals surface area contributed by atoms with E-state index in [4.69, 9.17) is 10.7 Å². The normalized spacial score (nSPS) is 14.6. The third-order valence-corrected chi connectivity index (χ3v) is 5.70. The van der Waals surface area contributed by atoms with E-state index < -0.39 is 9.05 Å². The number of benzene rings is 1. The Labute approximate surface area is 160 Å².